The van der Waals surface area contributed by atoms with Gasteiger partial charge in [-0.05, 0) is 42.0 Å². The van der Waals surface area contributed by atoms with Gasteiger partial charge in [-0.3, -0.25) is 9.79 Å². The fraction of sp³-hybridized carbons (Fsp3) is 0.222. The number of thioether (sulfide) groups is 1. The van der Waals surface area contributed by atoms with Gasteiger partial charge in [0.1, 0.15) is 0 Å². The normalized spacial score (nSPS) is 14.1. The van der Waals surface area contributed by atoms with Crippen LogP contribution in [0.25, 0.3) is 0 Å². The van der Waals surface area contributed by atoms with Gasteiger partial charge in [-0.15, -0.1) is 0 Å². The summed E-state index contributed by atoms with van der Waals surface area (Å²) in [5, 5.41) is 3.74. The summed E-state index contributed by atoms with van der Waals surface area (Å²) >= 11 is 7.36. The second-order valence-corrected chi connectivity index (χ2v) is 9.11. The van der Waals surface area contributed by atoms with Gasteiger partial charge in [0.2, 0.25) is 5.91 Å². The summed E-state index contributed by atoms with van der Waals surface area (Å²) in [7, 11) is -3.70. The van der Waals surface area contributed by atoms with Crippen molar-refractivity contribution in [3.05, 3.63) is 59.1 Å². The summed E-state index contributed by atoms with van der Waals surface area (Å²) in [4.78, 5) is 15.6. The van der Waals surface area contributed by atoms with E-state index in [2.05, 4.69) is 10.3 Å². The fourth-order valence-electron chi connectivity index (χ4n) is 2.57. The molecule has 0 radical (unpaired) electrons. The highest BCUT2D eigenvalue weighted by Gasteiger charge is 2.30. The number of carbonyl (C=O) groups excluding carboxylic acids is 1. The molecule has 0 aromatic heterocycles. The van der Waals surface area contributed by atoms with E-state index in [1.165, 1.54) is 35.1 Å². The number of sulfonamides is 1. The van der Waals surface area contributed by atoms with Crippen molar-refractivity contribution in [2.45, 2.75) is 17.6 Å². The summed E-state index contributed by atoms with van der Waals surface area (Å²) in [5.41, 5.74) is 1.55. The van der Waals surface area contributed by atoms with Crippen LogP contribution in [0.2, 0.25) is 5.02 Å². The molecule has 142 valence electrons. The van der Waals surface area contributed by atoms with Crippen LogP contribution in [-0.2, 0) is 20.6 Å². The lowest BCUT2D eigenvalue weighted by atomic mass is 10.2. The number of amidine groups is 1. The van der Waals surface area contributed by atoms with Crippen molar-refractivity contribution in [3.8, 4) is 0 Å². The molecule has 0 spiro atoms. The van der Waals surface area contributed by atoms with Crippen molar-refractivity contribution < 1.29 is 13.2 Å². The highest BCUT2D eigenvalue weighted by Crippen LogP contribution is 2.27. The van der Waals surface area contributed by atoms with Crippen molar-refractivity contribution in [2.75, 3.05) is 18.4 Å². The lowest BCUT2D eigenvalue weighted by Gasteiger charge is -2.20. The van der Waals surface area contributed by atoms with Gasteiger partial charge in [0.25, 0.3) is 10.0 Å². The maximum atomic E-state index is 13.0. The second kappa shape index (κ2) is 8.33. The highest BCUT2D eigenvalue weighted by atomic mass is 35.5. The third kappa shape index (κ3) is 4.82. The van der Waals surface area contributed by atoms with Crippen molar-refractivity contribution in [2.24, 2.45) is 4.99 Å². The highest BCUT2D eigenvalue weighted by molar-refractivity contribution is 8.14. The van der Waals surface area contributed by atoms with E-state index in [1.807, 2.05) is 18.2 Å². The maximum Gasteiger partial charge on any atom is 0.265 e. The Labute approximate surface area is 167 Å². The molecule has 1 N–H and O–H groups in total. The van der Waals surface area contributed by atoms with Crippen molar-refractivity contribution in [1.82, 2.24) is 4.31 Å². The van der Waals surface area contributed by atoms with Crippen LogP contribution in [0, 0.1) is 0 Å². The van der Waals surface area contributed by atoms with E-state index in [0.717, 1.165) is 5.56 Å². The third-order valence-corrected chi connectivity index (χ3v) is 7.02. The SMILES string of the molecule is CC(=O)Nc1ccc(S(=O)(=O)N2CCN=C2SCc2cccc(Cl)c2)cc1. The largest absolute Gasteiger partial charge is 0.326 e. The van der Waals surface area contributed by atoms with Crippen LogP contribution in [0.3, 0.4) is 0 Å². The van der Waals surface area contributed by atoms with Gasteiger partial charge in [-0.1, -0.05) is 35.5 Å². The van der Waals surface area contributed by atoms with E-state index in [9.17, 15) is 13.2 Å². The molecule has 1 aliphatic rings. The topological polar surface area (TPSA) is 78.8 Å². The number of nitrogens with zero attached hydrogens (tertiary/aromatic N) is 2. The molecule has 9 heteroatoms. The summed E-state index contributed by atoms with van der Waals surface area (Å²) in [5.74, 6) is 0.365. The zero-order chi connectivity index (χ0) is 19.4. The van der Waals surface area contributed by atoms with Crippen LogP contribution in [0.15, 0.2) is 58.4 Å². The number of anilines is 1. The molecular weight excluding hydrogens is 406 g/mol. The number of aliphatic imine (C=N–C) groups is 1. The first-order valence-corrected chi connectivity index (χ1v) is 11.0. The number of benzene rings is 2. The van der Waals surface area contributed by atoms with E-state index in [0.29, 0.717) is 34.7 Å². The van der Waals surface area contributed by atoms with E-state index < -0.39 is 10.0 Å². The molecule has 0 fully saturated rings. The lowest BCUT2D eigenvalue weighted by Crippen LogP contribution is -2.32. The Kier molecular flexibility index (Phi) is 6.08. The van der Waals surface area contributed by atoms with Gasteiger partial charge >= 0.3 is 0 Å². The molecule has 0 unspecified atom stereocenters. The molecule has 0 saturated carbocycles. The molecule has 1 amide bonds. The predicted octanol–water partition coefficient (Wildman–Crippen LogP) is 3.59. The summed E-state index contributed by atoms with van der Waals surface area (Å²) < 4.78 is 27.3. The molecule has 2 aromatic carbocycles. The first-order chi connectivity index (χ1) is 12.9. The van der Waals surface area contributed by atoms with Gasteiger partial charge < -0.3 is 5.32 Å². The molecule has 6 nitrogen and oxygen atoms in total. The van der Waals surface area contributed by atoms with E-state index in [1.54, 1.807) is 18.2 Å². The molecule has 27 heavy (non-hydrogen) atoms. The van der Waals surface area contributed by atoms with Crippen molar-refractivity contribution >= 4 is 50.1 Å². The molecule has 3 rings (SSSR count). The lowest BCUT2D eigenvalue weighted by molar-refractivity contribution is -0.114. The van der Waals surface area contributed by atoms with E-state index >= 15 is 0 Å². The number of rotatable bonds is 5. The Hall–Kier alpha value is -2.03. The van der Waals surface area contributed by atoms with Gasteiger partial charge in [-0.2, -0.15) is 0 Å². The predicted molar refractivity (Wildman–Crippen MR) is 110 cm³/mol. The third-order valence-electron chi connectivity index (χ3n) is 3.78. The van der Waals surface area contributed by atoms with Gasteiger partial charge in [0.05, 0.1) is 18.0 Å². The average molecular weight is 424 g/mol. The van der Waals surface area contributed by atoms with Crippen LogP contribution in [0.4, 0.5) is 5.69 Å². The van der Waals surface area contributed by atoms with Crippen LogP contribution in [0.5, 0.6) is 0 Å². The monoisotopic (exact) mass is 423 g/mol. The number of nitrogens with one attached hydrogen (secondary N) is 1. The Morgan fingerprint density at radius 2 is 2.00 bits per heavy atom. The standard InChI is InChI=1S/C18H18ClN3O3S2/c1-13(23)21-16-5-7-17(8-6-16)27(24,25)22-10-9-20-18(22)26-12-14-3-2-4-15(19)11-14/h2-8,11H,9-10,12H2,1H3,(H,21,23). The van der Waals surface area contributed by atoms with E-state index in [4.69, 9.17) is 11.6 Å². The molecule has 1 aliphatic heterocycles. The Balaban J connectivity index is 1.73. The zero-order valence-electron chi connectivity index (χ0n) is 14.6. The quantitative estimate of drug-likeness (QED) is 0.796. The molecule has 0 bridgehead atoms. The summed E-state index contributed by atoms with van der Waals surface area (Å²) in [6, 6.07) is 13.6. The van der Waals surface area contributed by atoms with Gasteiger partial charge in [0, 0.05) is 23.4 Å². The fourth-order valence-corrected chi connectivity index (χ4v) is 5.45. The number of amides is 1. The molecule has 1 heterocycles. The van der Waals surface area contributed by atoms with Crippen LogP contribution in [0.1, 0.15) is 12.5 Å². The Bertz CT molecular complexity index is 976. The number of carbonyl (C=O) groups is 1. The molecule has 0 aliphatic carbocycles. The van der Waals surface area contributed by atoms with Crippen molar-refractivity contribution in [3.63, 3.8) is 0 Å². The average Bonchev–Trinajstić information content (AvgIpc) is 3.09. The maximum absolute atomic E-state index is 13.0. The minimum absolute atomic E-state index is 0.162. The number of halogens is 1. The van der Waals surface area contributed by atoms with Crippen LogP contribution >= 0.6 is 23.4 Å². The molecule has 2 aromatic rings. The molecular formula is C18H18ClN3O3S2. The first kappa shape index (κ1) is 19.7. The van der Waals surface area contributed by atoms with Gasteiger partial charge in [0.15, 0.2) is 5.17 Å². The van der Waals surface area contributed by atoms with E-state index in [-0.39, 0.29) is 10.8 Å². The van der Waals surface area contributed by atoms with Gasteiger partial charge in [-0.25, -0.2) is 12.7 Å². The molecule has 0 atom stereocenters. The Morgan fingerprint density at radius 1 is 1.26 bits per heavy atom. The summed E-state index contributed by atoms with van der Waals surface area (Å²) in [6.45, 7) is 2.14. The van der Waals surface area contributed by atoms with Crippen molar-refractivity contribution in [1.29, 1.82) is 0 Å². The smallest absolute Gasteiger partial charge is 0.265 e. The van der Waals surface area contributed by atoms with Crippen LogP contribution in [-0.4, -0.2) is 36.9 Å². The zero-order valence-corrected chi connectivity index (χ0v) is 16.9. The molecule has 0 saturated heterocycles. The summed E-state index contributed by atoms with van der Waals surface area (Å²) in [6.07, 6.45) is 0. The minimum Gasteiger partial charge on any atom is -0.326 e. The minimum atomic E-state index is -3.70. The Morgan fingerprint density at radius 3 is 2.67 bits per heavy atom. The number of hydrogen-bond acceptors (Lipinski definition) is 5. The van der Waals surface area contributed by atoms with Crippen LogP contribution < -0.4 is 5.32 Å². The first-order valence-electron chi connectivity index (χ1n) is 8.18. The number of hydrogen-bond donors (Lipinski definition) is 1. The second-order valence-electron chi connectivity index (χ2n) is 5.87.